The lowest BCUT2D eigenvalue weighted by Crippen LogP contribution is -2.32. The van der Waals surface area contributed by atoms with E-state index in [0.29, 0.717) is 23.3 Å². The van der Waals surface area contributed by atoms with Gasteiger partial charge in [0.25, 0.3) is 10.0 Å². The molecule has 1 aliphatic rings. The molecule has 20 heavy (non-hydrogen) atoms. The number of nitrogens with one attached hydrogen (secondary N) is 1. The van der Waals surface area contributed by atoms with E-state index < -0.39 is 10.0 Å². The van der Waals surface area contributed by atoms with Crippen LogP contribution in [-0.4, -0.2) is 31.9 Å². The van der Waals surface area contributed by atoms with E-state index in [9.17, 15) is 8.42 Å². The van der Waals surface area contributed by atoms with Gasteiger partial charge in [0.05, 0.1) is 0 Å². The summed E-state index contributed by atoms with van der Waals surface area (Å²) in [5.74, 6) is 0. The molecule has 6 heteroatoms. The monoisotopic (exact) mass is 316 g/mol. The molecule has 0 saturated heterocycles. The van der Waals surface area contributed by atoms with E-state index in [1.807, 2.05) is 25.3 Å². The largest absolute Gasteiger partial charge is 0.310 e. The van der Waals surface area contributed by atoms with Crippen LogP contribution in [-0.2, 0) is 16.6 Å². The lowest BCUT2D eigenvalue weighted by Gasteiger charge is -2.19. The Labute approximate surface area is 126 Å². The van der Waals surface area contributed by atoms with Crippen molar-refractivity contribution in [3.05, 3.63) is 17.0 Å². The van der Waals surface area contributed by atoms with Gasteiger partial charge in [0.2, 0.25) is 0 Å². The predicted octanol–water partition coefficient (Wildman–Crippen LogP) is 2.81. The van der Waals surface area contributed by atoms with Crippen molar-refractivity contribution in [2.75, 3.05) is 13.1 Å². The van der Waals surface area contributed by atoms with Crippen LogP contribution in [0.15, 0.2) is 15.7 Å². The molecule has 1 aromatic rings. The zero-order chi connectivity index (χ0) is 14.6. The van der Waals surface area contributed by atoms with Crippen molar-refractivity contribution in [2.24, 2.45) is 0 Å². The van der Waals surface area contributed by atoms with Crippen molar-refractivity contribution in [1.29, 1.82) is 0 Å². The number of hydrogen-bond donors (Lipinski definition) is 1. The molecule has 0 atom stereocenters. The molecule has 114 valence electrons. The van der Waals surface area contributed by atoms with Crippen LogP contribution in [0.4, 0.5) is 0 Å². The Bertz CT molecular complexity index is 515. The summed E-state index contributed by atoms with van der Waals surface area (Å²) < 4.78 is 27.3. The van der Waals surface area contributed by atoms with E-state index in [2.05, 4.69) is 5.32 Å². The molecule has 1 fully saturated rings. The maximum atomic E-state index is 12.6. The maximum absolute atomic E-state index is 12.6. The van der Waals surface area contributed by atoms with Crippen LogP contribution in [0.25, 0.3) is 0 Å². The fraction of sp³-hybridized carbons (Fsp3) is 0.714. The van der Waals surface area contributed by atoms with E-state index in [1.165, 1.54) is 24.2 Å². The first-order valence-electron chi connectivity index (χ1n) is 7.38. The van der Waals surface area contributed by atoms with Gasteiger partial charge in [-0.15, -0.1) is 11.3 Å². The zero-order valence-electron chi connectivity index (χ0n) is 12.3. The van der Waals surface area contributed by atoms with Crippen LogP contribution in [0.1, 0.15) is 45.1 Å². The quantitative estimate of drug-likeness (QED) is 0.762. The lowest BCUT2D eigenvalue weighted by molar-refractivity contribution is 0.411. The standard InChI is InChI=1S/C14H24N2O2S2/c1-3-7-16(8-4-2)20(17,18)14-9-12(11-19-14)10-15-13-5-6-13/h9,11,13,15H,3-8,10H2,1-2H3. The molecule has 0 radical (unpaired) electrons. The highest BCUT2D eigenvalue weighted by Gasteiger charge is 2.25. The van der Waals surface area contributed by atoms with Gasteiger partial charge in [0, 0.05) is 25.7 Å². The van der Waals surface area contributed by atoms with Crippen LogP contribution in [0.2, 0.25) is 0 Å². The summed E-state index contributed by atoms with van der Waals surface area (Å²) in [4.78, 5) is 0. The lowest BCUT2D eigenvalue weighted by atomic mass is 10.3. The third kappa shape index (κ3) is 4.04. The first-order chi connectivity index (χ1) is 9.57. The second-order valence-electron chi connectivity index (χ2n) is 5.33. The van der Waals surface area contributed by atoms with Gasteiger partial charge in [0.1, 0.15) is 4.21 Å². The molecular weight excluding hydrogens is 292 g/mol. The van der Waals surface area contributed by atoms with Crippen LogP contribution in [0.5, 0.6) is 0 Å². The Balaban J connectivity index is 2.06. The fourth-order valence-electron chi connectivity index (χ4n) is 2.11. The third-order valence-electron chi connectivity index (χ3n) is 3.34. The Morgan fingerprint density at radius 3 is 2.50 bits per heavy atom. The van der Waals surface area contributed by atoms with Crippen LogP contribution >= 0.6 is 11.3 Å². The predicted molar refractivity (Wildman–Crippen MR) is 83.5 cm³/mol. The topological polar surface area (TPSA) is 49.4 Å². The second-order valence-corrected chi connectivity index (χ2v) is 8.41. The van der Waals surface area contributed by atoms with Gasteiger partial charge in [-0.1, -0.05) is 13.8 Å². The summed E-state index contributed by atoms with van der Waals surface area (Å²) in [5, 5.41) is 5.37. The minimum absolute atomic E-state index is 0.479. The van der Waals surface area contributed by atoms with E-state index in [1.54, 1.807) is 4.31 Å². The molecule has 0 bridgehead atoms. The summed E-state index contributed by atoms with van der Waals surface area (Å²) in [6, 6.07) is 2.47. The summed E-state index contributed by atoms with van der Waals surface area (Å²) in [6.45, 7) is 6.00. The highest BCUT2D eigenvalue weighted by Crippen LogP contribution is 2.25. The first-order valence-corrected chi connectivity index (χ1v) is 9.70. The van der Waals surface area contributed by atoms with Gasteiger partial charge in [0.15, 0.2) is 0 Å². The number of sulfonamides is 1. The van der Waals surface area contributed by atoms with Gasteiger partial charge in [-0.3, -0.25) is 0 Å². The van der Waals surface area contributed by atoms with Crippen molar-refractivity contribution < 1.29 is 8.42 Å². The molecule has 0 aromatic carbocycles. The number of nitrogens with zero attached hydrogens (tertiary/aromatic N) is 1. The SMILES string of the molecule is CCCN(CCC)S(=O)(=O)c1cc(CNC2CC2)cs1. The molecule has 1 aromatic heterocycles. The average molecular weight is 316 g/mol. The van der Waals surface area contributed by atoms with E-state index in [0.717, 1.165) is 24.9 Å². The molecule has 0 unspecified atom stereocenters. The molecule has 1 N–H and O–H groups in total. The Kier molecular flexibility index (Phi) is 5.60. The molecule has 0 amide bonds. The highest BCUT2D eigenvalue weighted by atomic mass is 32.2. The Hall–Kier alpha value is -0.430. The van der Waals surface area contributed by atoms with Crippen molar-refractivity contribution in [1.82, 2.24) is 9.62 Å². The Morgan fingerprint density at radius 2 is 1.95 bits per heavy atom. The number of rotatable bonds is 9. The van der Waals surface area contributed by atoms with Crippen molar-refractivity contribution >= 4 is 21.4 Å². The van der Waals surface area contributed by atoms with Gasteiger partial charge >= 0.3 is 0 Å². The smallest absolute Gasteiger partial charge is 0.252 e. The summed E-state index contributed by atoms with van der Waals surface area (Å²) in [7, 11) is -3.30. The van der Waals surface area contributed by atoms with E-state index in [4.69, 9.17) is 0 Å². The Morgan fingerprint density at radius 1 is 1.30 bits per heavy atom. The summed E-state index contributed by atoms with van der Waals surface area (Å²) >= 11 is 1.34. The zero-order valence-corrected chi connectivity index (χ0v) is 13.9. The highest BCUT2D eigenvalue weighted by molar-refractivity contribution is 7.91. The molecular formula is C14H24N2O2S2. The summed E-state index contributed by atoms with van der Waals surface area (Å²) in [6.07, 6.45) is 4.19. The number of hydrogen-bond acceptors (Lipinski definition) is 4. The van der Waals surface area contributed by atoms with E-state index in [-0.39, 0.29) is 0 Å². The van der Waals surface area contributed by atoms with Crippen molar-refractivity contribution in [3.63, 3.8) is 0 Å². The second kappa shape index (κ2) is 7.02. The fourth-order valence-corrected chi connectivity index (χ4v) is 5.09. The van der Waals surface area contributed by atoms with Crippen LogP contribution < -0.4 is 5.32 Å². The van der Waals surface area contributed by atoms with Gasteiger partial charge in [-0.25, -0.2) is 8.42 Å². The third-order valence-corrected chi connectivity index (χ3v) is 6.70. The summed E-state index contributed by atoms with van der Waals surface area (Å²) in [5.41, 5.74) is 1.08. The molecule has 0 aliphatic heterocycles. The average Bonchev–Trinajstić information content (AvgIpc) is 3.12. The van der Waals surface area contributed by atoms with Crippen molar-refractivity contribution in [2.45, 2.75) is 56.3 Å². The minimum Gasteiger partial charge on any atom is -0.310 e. The molecule has 1 saturated carbocycles. The van der Waals surface area contributed by atoms with E-state index >= 15 is 0 Å². The van der Waals surface area contributed by atoms with Gasteiger partial charge in [-0.05, 0) is 42.7 Å². The molecule has 1 heterocycles. The molecule has 0 spiro atoms. The molecule has 2 rings (SSSR count). The minimum atomic E-state index is -3.30. The molecule has 1 aliphatic carbocycles. The number of thiophene rings is 1. The van der Waals surface area contributed by atoms with Crippen LogP contribution in [0.3, 0.4) is 0 Å². The van der Waals surface area contributed by atoms with Crippen LogP contribution in [0, 0.1) is 0 Å². The van der Waals surface area contributed by atoms with Gasteiger partial charge < -0.3 is 5.32 Å². The molecule has 4 nitrogen and oxygen atoms in total. The first kappa shape index (κ1) is 15.9. The maximum Gasteiger partial charge on any atom is 0.252 e. The van der Waals surface area contributed by atoms with Gasteiger partial charge in [-0.2, -0.15) is 4.31 Å². The normalized spacial score (nSPS) is 15.9. The van der Waals surface area contributed by atoms with Crippen molar-refractivity contribution in [3.8, 4) is 0 Å².